The topological polar surface area (TPSA) is 87.5 Å². The van der Waals surface area contributed by atoms with E-state index in [4.69, 9.17) is 0 Å². The van der Waals surface area contributed by atoms with E-state index in [0.29, 0.717) is 25.2 Å². The molecule has 8 heteroatoms. The lowest BCUT2D eigenvalue weighted by Crippen LogP contribution is -2.39. The van der Waals surface area contributed by atoms with Crippen molar-refractivity contribution in [1.29, 1.82) is 0 Å². The van der Waals surface area contributed by atoms with Crippen molar-refractivity contribution in [3.63, 3.8) is 0 Å². The number of carbonyl (C=O) groups is 3. The lowest BCUT2D eigenvalue weighted by molar-refractivity contribution is -0.134. The average Bonchev–Trinajstić information content (AvgIpc) is 3.22. The molecule has 1 fully saturated rings. The molecule has 35 heavy (non-hydrogen) atoms. The van der Waals surface area contributed by atoms with Gasteiger partial charge in [-0.05, 0) is 44.6 Å². The third kappa shape index (κ3) is 6.29. The Kier molecular flexibility index (Phi) is 8.21. The highest BCUT2D eigenvalue weighted by Crippen LogP contribution is 2.25. The van der Waals surface area contributed by atoms with Crippen LogP contribution in [-0.4, -0.2) is 63.0 Å². The molecule has 1 aromatic carbocycles. The minimum Gasteiger partial charge on any atom is -0.354 e. The van der Waals surface area contributed by atoms with Crippen LogP contribution in [-0.2, 0) is 36.0 Å². The van der Waals surface area contributed by atoms with Gasteiger partial charge in [0.05, 0.1) is 0 Å². The summed E-state index contributed by atoms with van der Waals surface area (Å²) in [5.41, 5.74) is 3.62. The highest BCUT2D eigenvalue weighted by Gasteiger charge is 2.31. The van der Waals surface area contributed by atoms with Crippen LogP contribution in [0.15, 0.2) is 30.3 Å². The molecule has 1 atom stereocenters. The van der Waals surface area contributed by atoms with E-state index in [0.717, 1.165) is 56.5 Å². The molecule has 0 aliphatic carbocycles. The van der Waals surface area contributed by atoms with Crippen molar-refractivity contribution in [2.45, 2.75) is 70.9 Å². The molecule has 8 nitrogen and oxygen atoms in total. The summed E-state index contributed by atoms with van der Waals surface area (Å²) < 4.78 is 1.79. The highest BCUT2D eigenvalue weighted by molar-refractivity contribution is 5.94. The molecular weight excluding hydrogens is 442 g/mol. The second-order valence-corrected chi connectivity index (χ2v) is 9.81. The Morgan fingerprint density at radius 2 is 1.74 bits per heavy atom. The summed E-state index contributed by atoms with van der Waals surface area (Å²) in [5, 5.41) is 7.55. The van der Waals surface area contributed by atoms with E-state index >= 15 is 0 Å². The van der Waals surface area contributed by atoms with E-state index in [9.17, 15) is 14.4 Å². The maximum atomic E-state index is 13.1. The van der Waals surface area contributed by atoms with Crippen LogP contribution < -0.4 is 5.32 Å². The van der Waals surface area contributed by atoms with Crippen LogP contribution in [0.1, 0.15) is 72.8 Å². The number of rotatable bonds is 8. The highest BCUT2D eigenvalue weighted by atomic mass is 16.2. The number of carbonyl (C=O) groups excluding carboxylic acids is 3. The standard InChI is InChI=1S/C27H37N5O3/c1-20(11-12-21-9-5-3-6-10-21)28-24(33)13-14-25(34)32-18-15-23-22(19-32)26(29-30(23)2)27(35)31-16-7-4-8-17-31/h3,5-6,9-10,20H,4,7-8,11-19H2,1-2H3,(H,28,33)/t20-/m0/s1. The summed E-state index contributed by atoms with van der Waals surface area (Å²) in [6.07, 6.45) is 5.98. The molecule has 3 heterocycles. The minimum absolute atomic E-state index is 0.0280. The lowest BCUT2D eigenvalue weighted by atomic mass is 10.0. The fourth-order valence-electron chi connectivity index (χ4n) is 5.05. The number of fused-ring (bicyclic) bond motifs is 1. The second-order valence-electron chi connectivity index (χ2n) is 9.81. The molecule has 4 rings (SSSR count). The predicted molar refractivity (Wildman–Crippen MR) is 134 cm³/mol. The summed E-state index contributed by atoms with van der Waals surface area (Å²) in [7, 11) is 1.87. The van der Waals surface area contributed by atoms with Crippen molar-refractivity contribution in [3.8, 4) is 0 Å². The SMILES string of the molecule is C[C@@H](CCc1ccccc1)NC(=O)CCC(=O)N1CCc2c(c(C(=O)N3CCCCC3)nn2C)C1. The summed E-state index contributed by atoms with van der Waals surface area (Å²) in [6.45, 7) is 4.50. The van der Waals surface area contributed by atoms with Gasteiger partial charge >= 0.3 is 0 Å². The first kappa shape index (κ1) is 24.9. The summed E-state index contributed by atoms with van der Waals surface area (Å²) in [6, 6.07) is 10.3. The zero-order chi connectivity index (χ0) is 24.8. The van der Waals surface area contributed by atoms with Crippen LogP contribution in [0.5, 0.6) is 0 Å². The molecule has 1 N–H and O–H groups in total. The summed E-state index contributed by atoms with van der Waals surface area (Å²) in [5.74, 6) is -0.179. The first-order valence-electron chi connectivity index (χ1n) is 12.9. The quantitative estimate of drug-likeness (QED) is 0.631. The molecule has 0 bridgehead atoms. The first-order valence-corrected chi connectivity index (χ1v) is 12.9. The van der Waals surface area contributed by atoms with Gasteiger partial charge in [0.1, 0.15) is 0 Å². The zero-order valence-electron chi connectivity index (χ0n) is 21.0. The smallest absolute Gasteiger partial charge is 0.274 e. The monoisotopic (exact) mass is 479 g/mol. The van der Waals surface area contributed by atoms with Crippen LogP contribution in [0.2, 0.25) is 0 Å². The van der Waals surface area contributed by atoms with Gasteiger partial charge in [0.25, 0.3) is 5.91 Å². The number of hydrogen-bond acceptors (Lipinski definition) is 4. The van der Waals surface area contributed by atoms with Crippen molar-refractivity contribution in [3.05, 3.63) is 52.8 Å². The molecule has 0 saturated carbocycles. The number of likely N-dealkylation sites (tertiary alicyclic amines) is 1. The number of amides is 3. The van der Waals surface area contributed by atoms with Gasteiger partial charge in [-0.3, -0.25) is 19.1 Å². The Bertz CT molecular complexity index is 1040. The van der Waals surface area contributed by atoms with E-state index < -0.39 is 0 Å². The predicted octanol–water partition coefficient (Wildman–Crippen LogP) is 2.85. The van der Waals surface area contributed by atoms with Gasteiger partial charge in [0, 0.05) is 69.8 Å². The lowest BCUT2D eigenvalue weighted by Gasteiger charge is -2.29. The maximum absolute atomic E-state index is 13.1. The van der Waals surface area contributed by atoms with Crippen molar-refractivity contribution in [2.75, 3.05) is 19.6 Å². The van der Waals surface area contributed by atoms with Crippen LogP contribution in [0, 0.1) is 0 Å². The van der Waals surface area contributed by atoms with Crippen LogP contribution in [0.3, 0.4) is 0 Å². The Morgan fingerprint density at radius 1 is 1.00 bits per heavy atom. The Labute approximate surface area is 207 Å². The molecule has 2 aromatic rings. The van der Waals surface area contributed by atoms with Crippen LogP contribution >= 0.6 is 0 Å². The van der Waals surface area contributed by atoms with E-state index in [1.54, 1.807) is 9.58 Å². The number of nitrogens with one attached hydrogen (secondary N) is 1. The molecule has 0 spiro atoms. The number of nitrogens with zero attached hydrogens (tertiary/aromatic N) is 4. The number of hydrogen-bond donors (Lipinski definition) is 1. The molecule has 2 aliphatic rings. The fourth-order valence-corrected chi connectivity index (χ4v) is 5.05. The summed E-state index contributed by atoms with van der Waals surface area (Å²) >= 11 is 0. The largest absolute Gasteiger partial charge is 0.354 e. The Balaban J connectivity index is 1.27. The third-order valence-corrected chi connectivity index (χ3v) is 7.12. The summed E-state index contributed by atoms with van der Waals surface area (Å²) in [4.78, 5) is 42.1. The molecule has 0 unspecified atom stereocenters. The van der Waals surface area contributed by atoms with Crippen molar-refractivity contribution in [1.82, 2.24) is 24.9 Å². The maximum Gasteiger partial charge on any atom is 0.274 e. The van der Waals surface area contributed by atoms with E-state index in [2.05, 4.69) is 22.5 Å². The van der Waals surface area contributed by atoms with Gasteiger partial charge < -0.3 is 15.1 Å². The van der Waals surface area contributed by atoms with Crippen molar-refractivity contribution in [2.24, 2.45) is 7.05 Å². The Morgan fingerprint density at radius 3 is 2.49 bits per heavy atom. The molecule has 1 aromatic heterocycles. The molecule has 188 valence electrons. The minimum atomic E-state index is -0.0982. The van der Waals surface area contributed by atoms with Crippen molar-refractivity contribution < 1.29 is 14.4 Å². The van der Waals surface area contributed by atoms with E-state index in [-0.39, 0.29) is 36.6 Å². The van der Waals surface area contributed by atoms with Crippen LogP contribution in [0.25, 0.3) is 0 Å². The number of aromatic nitrogens is 2. The molecule has 0 radical (unpaired) electrons. The molecule has 3 amide bonds. The number of benzene rings is 1. The normalized spacial score (nSPS) is 16.5. The van der Waals surface area contributed by atoms with Gasteiger partial charge in [-0.15, -0.1) is 0 Å². The van der Waals surface area contributed by atoms with E-state index in [1.807, 2.05) is 37.1 Å². The first-order chi connectivity index (χ1) is 16.9. The van der Waals surface area contributed by atoms with Crippen molar-refractivity contribution >= 4 is 17.7 Å². The third-order valence-electron chi connectivity index (χ3n) is 7.12. The fraction of sp³-hybridized carbons (Fsp3) is 0.556. The van der Waals surface area contributed by atoms with Gasteiger partial charge in [0.15, 0.2) is 5.69 Å². The molecular formula is C27H37N5O3. The average molecular weight is 480 g/mol. The van der Waals surface area contributed by atoms with E-state index in [1.165, 1.54) is 5.56 Å². The van der Waals surface area contributed by atoms with Gasteiger partial charge in [-0.25, -0.2) is 0 Å². The number of piperidine rings is 1. The van der Waals surface area contributed by atoms with Gasteiger partial charge in [-0.2, -0.15) is 5.10 Å². The molecule has 1 saturated heterocycles. The Hall–Kier alpha value is -3.16. The second kappa shape index (κ2) is 11.5. The van der Waals surface area contributed by atoms with Gasteiger partial charge in [0.2, 0.25) is 11.8 Å². The van der Waals surface area contributed by atoms with Gasteiger partial charge in [-0.1, -0.05) is 30.3 Å². The molecule has 2 aliphatic heterocycles. The van der Waals surface area contributed by atoms with Crippen LogP contribution in [0.4, 0.5) is 0 Å². The number of aryl methyl sites for hydroxylation is 2. The zero-order valence-corrected chi connectivity index (χ0v) is 21.0.